The van der Waals surface area contributed by atoms with Gasteiger partial charge in [-0.1, -0.05) is 11.6 Å². The molecule has 1 aromatic heterocycles. The normalized spacial score (nSPS) is 21.0. The molecular weight excluding hydrogens is 326 g/mol. The lowest BCUT2D eigenvalue weighted by Crippen LogP contribution is -2.41. The Labute approximate surface area is 125 Å². The molecule has 2 heterocycles. The summed E-state index contributed by atoms with van der Waals surface area (Å²) in [5.74, 6) is 0.129. The van der Waals surface area contributed by atoms with Crippen LogP contribution >= 0.6 is 22.9 Å². The highest BCUT2D eigenvalue weighted by molar-refractivity contribution is 7.91. The van der Waals surface area contributed by atoms with E-state index < -0.39 is 14.9 Å². The Balaban J connectivity index is 2.30. The van der Waals surface area contributed by atoms with Gasteiger partial charge in [0.2, 0.25) is 0 Å². The zero-order valence-corrected chi connectivity index (χ0v) is 12.9. The third-order valence-electron chi connectivity index (χ3n) is 3.25. The number of rotatable bonds is 4. The van der Waals surface area contributed by atoms with Crippen LogP contribution in [0.15, 0.2) is 10.3 Å². The third kappa shape index (κ3) is 2.96. The summed E-state index contributed by atoms with van der Waals surface area (Å²) in [6, 6.07) is 1.02. The Hall–Kier alpha value is -0.740. The van der Waals surface area contributed by atoms with Gasteiger partial charge in [-0.05, 0) is 25.3 Å². The van der Waals surface area contributed by atoms with Crippen LogP contribution in [0.3, 0.4) is 0 Å². The van der Waals surface area contributed by atoms with Crippen molar-refractivity contribution in [3.8, 4) is 0 Å². The molecule has 0 aliphatic carbocycles. The Morgan fingerprint density at radius 1 is 1.60 bits per heavy atom. The van der Waals surface area contributed by atoms with Crippen molar-refractivity contribution in [2.24, 2.45) is 11.7 Å². The van der Waals surface area contributed by atoms with E-state index in [4.69, 9.17) is 17.3 Å². The van der Waals surface area contributed by atoms with Crippen LogP contribution in [-0.2, 0) is 10.0 Å². The molecule has 0 spiro atoms. The number of nitro groups is 1. The van der Waals surface area contributed by atoms with Gasteiger partial charge in [0.25, 0.3) is 15.7 Å². The van der Waals surface area contributed by atoms with E-state index in [9.17, 15) is 18.5 Å². The number of thiophene rings is 1. The van der Waals surface area contributed by atoms with Crippen molar-refractivity contribution in [3.63, 3.8) is 0 Å². The molecule has 20 heavy (non-hydrogen) atoms. The van der Waals surface area contributed by atoms with Gasteiger partial charge in [-0.3, -0.25) is 10.1 Å². The predicted molar refractivity (Wildman–Crippen MR) is 76.5 cm³/mol. The van der Waals surface area contributed by atoms with Crippen molar-refractivity contribution in [2.45, 2.75) is 17.1 Å². The topological polar surface area (TPSA) is 107 Å². The first-order valence-electron chi connectivity index (χ1n) is 6.00. The monoisotopic (exact) mass is 339 g/mol. The van der Waals surface area contributed by atoms with E-state index in [1.807, 2.05) is 0 Å². The number of nitrogens with zero attached hydrogens (tertiary/aromatic N) is 2. The number of piperidine rings is 1. The van der Waals surface area contributed by atoms with Crippen LogP contribution in [-0.4, -0.2) is 37.3 Å². The van der Waals surface area contributed by atoms with Crippen molar-refractivity contribution < 1.29 is 13.3 Å². The minimum atomic E-state index is -3.73. The molecule has 1 atom stereocenters. The molecule has 2 N–H and O–H groups in total. The van der Waals surface area contributed by atoms with E-state index in [1.54, 1.807) is 0 Å². The highest BCUT2D eigenvalue weighted by atomic mass is 35.5. The molecule has 10 heteroatoms. The van der Waals surface area contributed by atoms with Crippen LogP contribution in [0.5, 0.6) is 0 Å². The van der Waals surface area contributed by atoms with E-state index in [1.165, 1.54) is 4.31 Å². The van der Waals surface area contributed by atoms with Crippen molar-refractivity contribution in [2.75, 3.05) is 19.6 Å². The quantitative estimate of drug-likeness (QED) is 0.663. The maximum absolute atomic E-state index is 12.5. The highest BCUT2D eigenvalue weighted by Crippen LogP contribution is 2.38. The Morgan fingerprint density at radius 2 is 2.30 bits per heavy atom. The molecule has 112 valence electrons. The summed E-state index contributed by atoms with van der Waals surface area (Å²) >= 11 is 6.43. The first kappa shape index (κ1) is 15.6. The molecule has 0 saturated carbocycles. The second-order valence-corrected chi connectivity index (χ2v) is 8.41. The number of nitrogens with two attached hydrogens (primary N) is 1. The van der Waals surface area contributed by atoms with Gasteiger partial charge >= 0.3 is 0 Å². The van der Waals surface area contributed by atoms with Crippen LogP contribution in [0.1, 0.15) is 12.8 Å². The molecule has 0 amide bonds. The SMILES string of the molecule is NCC1CCCN(S(=O)(=O)c2cc([N+](=O)[O-])c(Cl)s2)C1. The number of halogens is 1. The molecule has 7 nitrogen and oxygen atoms in total. The smallest absolute Gasteiger partial charge is 0.300 e. The van der Waals surface area contributed by atoms with Crippen molar-refractivity contribution in [3.05, 3.63) is 20.5 Å². The van der Waals surface area contributed by atoms with Gasteiger partial charge in [0.1, 0.15) is 4.21 Å². The summed E-state index contributed by atoms with van der Waals surface area (Å²) in [4.78, 5) is 10.1. The van der Waals surface area contributed by atoms with E-state index in [-0.39, 0.29) is 20.2 Å². The molecule has 1 aliphatic heterocycles. The zero-order chi connectivity index (χ0) is 14.9. The molecule has 1 aromatic rings. The van der Waals surface area contributed by atoms with Gasteiger partial charge in [0.05, 0.1) is 4.92 Å². The molecule has 2 rings (SSSR count). The average Bonchev–Trinajstić information content (AvgIpc) is 2.82. The van der Waals surface area contributed by atoms with Gasteiger partial charge < -0.3 is 5.73 Å². The van der Waals surface area contributed by atoms with Gasteiger partial charge in [0, 0.05) is 19.2 Å². The summed E-state index contributed by atoms with van der Waals surface area (Å²) in [6.07, 6.45) is 1.64. The van der Waals surface area contributed by atoms with Crippen LogP contribution in [0.4, 0.5) is 5.69 Å². The second kappa shape index (κ2) is 5.94. The average molecular weight is 340 g/mol. The number of sulfonamides is 1. The third-order valence-corrected chi connectivity index (χ3v) is 6.90. The van der Waals surface area contributed by atoms with Crippen LogP contribution in [0.25, 0.3) is 0 Å². The molecule has 0 radical (unpaired) electrons. The highest BCUT2D eigenvalue weighted by Gasteiger charge is 2.33. The minimum absolute atomic E-state index is 0.0909. The fraction of sp³-hybridized carbons (Fsp3) is 0.600. The molecule has 1 unspecified atom stereocenters. The molecular formula is C10H14ClN3O4S2. The van der Waals surface area contributed by atoms with E-state index in [2.05, 4.69) is 0 Å². The largest absolute Gasteiger partial charge is 0.330 e. The first-order chi connectivity index (χ1) is 9.36. The Bertz CT molecular complexity index is 616. The van der Waals surface area contributed by atoms with Crippen LogP contribution < -0.4 is 5.73 Å². The maximum atomic E-state index is 12.5. The van der Waals surface area contributed by atoms with Gasteiger partial charge in [0.15, 0.2) is 4.34 Å². The van der Waals surface area contributed by atoms with Gasteiger partial charge in [-0.2, -0.15) is 4.31 Å². The summed E-state index contributed by atoms with van der Waals surface area (Å²) in [5.41, 5.74) is 5.21. The van der Waals surface area contributed by atoms with Crippen LogP contribution in [0.2, 0.25) is 4.34 Å². The molecule has 1 saturated heterocycles. The maximum Gasteiger partial charge on any atom is 0.300 e. The van der Waals surface area contributed by atoms with Crippen molar-refractivity contribution >= 4 is 38.6 Å². The van der Waals surface area contributed by atoms with E-state index in [0.717, 1.165) is 18.9 Å². The standard InChI is InChI=1S/C10H14ClN3O4S2/c11-10-8(14(15)16)4-9(19-10)20(17,18)13-3-1-2-7(5-12)6-13/h4,7H,1-3,5-6,12H2. The fourth-order valence-electron chi connectivity index (χ4n) is 2.15. The molecule has 0 aromatic carbocycles. The lowest BCUT2D eigenvalue weighted by Gasteiger charge is -2.30. The van der Waals surface area contributed by atoms with Crippen molar-refractivity contribution in [1.82, 2.24) is 4.31 Å². The lowest BCUT2D eigenvalue weighted by atomic mass is 10.0. The Kier molecular flexibility index (Phi) is 4.65. The van der Waals surface area contributed by atoms with Crippen LogP contribution in [0, 0.1) is 16.0 Å². The summed E-state index contributed by atoms with van der Waals surface area (Å²) < 4.78 is 26.0. The van der Waals surface area contributed by atoms with E-state index in [0.29, 0.717) is 31.0 Å². The lowest BCUT2D eigenvalue weighted by molar-refractivity contribution is -0.384. The summed E-state index contributed by atoms with van der Waals surface area (Å²) in [5, 5.41) is 10.7. The summed E-state index contributed by atoms with van der Waals surface area (Å²) in [6.45, 7) is 1.18. The van der Waals surface area contributed by atoms with E-state index >= 15 is 0 Å². The fourth-order valence-corrected chi connectivity index (χ4v) is 5.53. The predicted octanol–water partition coefficient (Wildman–Crippen LogP) is 1.67. The summed E-state index contributed by atoms with van der Waals surface area (Å²) in [7, 11) is -3.73. The van der Waals surface area contributed by atoms with Gasteiger partial charge in [-0.15, -0.1) is 11.3 Å². The second-order valence-electron chi connectivity index (χ2n) is 4.59. The number of hydrogen-bond donors (Lipinski definition) is 1. The minimum Gasteiger partial charge on any atom is -0.330 e. The van der Waals surface area contributed by atoms with Crippen molar-refractivity contribution in [1.29, 1.82) is 0 Å². The molecule has 1 fully saturated rings. The molecule has 0 bridgehead atoms. The zero-order valence-electron chi connectivity index (χ0n) is 10.5. The molecule has 1 aliphatic rings. The van der Waals surface area contributed by atoms with Gasteiger partial charge in [-0.25, -0.2) is 8.42 Å². The number of hydrogen-bond acceptors (Lipinski definition) is 6. The first-order valence-corrected chi connectivity index (χ1v) is 8.63. The Morgan fingerprint density at radius 3 is 2.85 bits per heavy atom.